The molecule has 0 spiro atoms. The van der Waals surface area contributed by atoms with Gasteiger partial charge < -0.3 is 15.2 Å². The second-order valence-electron chi connectivity index (χ2n) is 8.73. The first-order valence-electron chi connectivity index (χ1n) is 9.66. The van der Waals surface area contributed by atoms with Gasteiger partial charge in [-0.1, -0.05) is 0 Å². The summed E-state index contributed by atoms with van der Waals surface area (Å²) < 4.78 is 5.95. The minimum absolute atomic E-state index is 0.0376. The second kappa shape index (κ2) is 5.68. The molecule has 5 fully saturated rings. The smallest absolute Gasteiger partial charge is 0.267 e. The van der Waals surface area contributed by atoms with Gasteiger partial charge in [-0.2, -0.15) is 0 Å². The number of carbonyl (C=O) groups is 1. The standard InChI is InChI=1S/C19H26N2O3S/c1-10-20-18(24-14-3-2-4-14)16(25-10)17(22)21-15-12-5-11-6-13(15)9-19(23,7-11)8-12/h11-15,23H,2-9H2,1H3,(H,21,22). The summed E-state index contributed by atoms with van der Waals surface area (Å²) in [5.74, 6) is 1.98. The number of carbonyl (C=O) groups excluding carboxylic acids is 1. The van der Waals surface area contributed by atoms with Crippen molar-refractivity contribution < 1.29 is 14.6 Å². The van der Waals surface area contributed by atoms with E-state index in [1.807, 2.05) is 6.92 Å². The maximum atomic E-state index is 13.0. The van der Waals surface area contributed by atoms with Gasteiger partial charge in [0, 0.05) is 6.04 Å². The van der Waals surface area contributed by atoms with Crippen LogP contribution in [0.5, 0.6) is 5.88 Å². The van der Waals surface area contributed by atoms with E-state index in [2.05, 4.69) is 10.3 Å². The molecule has 1 heterocycles. The Hall–Kier alpha value is -1.14. The predicted molar refractivity (Wildman–Crippen MR) is 94.9 cm³/mol. The third-order valence-corrected chi connectivity index (χ3v) is 7.73. The van der Waals surface area contributed by atoms with Crippen molar-refractivity contribution in [1.29, 1.82) is 0 Å². The molecule has 2 unspecified atom stereocenters. The van der Waals surface area contributed by atoms with Gasteiger partial charge in [-0.3, -0.25) is 4.79 Å². The largest absolute Gasteiger partial charge is 0.473 e. The van der Waals surface area contributed by atoms with Gasteiger partial charge in [0.05, 0.1) is 10.6 Å². The van der Waals surface area contributed by atoms with Crippen molar-refractivity contribution in [3.8, 4) is 5.88 Å². The van der Waals surface area contributed by atoms with Gasteiger partial charge in [0.15, 0.2) is 4.88 Å². The van der Waals surface area contributed by atoms with Gasteiger partial charge in [-0.15, -0.1) is 11.3 Å². The van der Waals surface area contributed by atoms with Gasteiger partial charge in [0.2, 0.25) is 5.88 Å². The summed E-state index contributed by atoms with van der Waals surface area (Å²) in [5, 5.41) is 14.9. The summed E-state index contributed by atoms with van der Waals surface area (Å²) in [5.41, 5.74) is -0.461. The van der Waals surface area contributed by atoms with E-state index in [1.165, 1.54) is 17.8 Å². The van der Waals surface area contributed by atoms with Gasteiger partial charge in [-0.05, 0) is 76.0 Å². The zero-order chi connectivity index (χ0) is 17.2. The quantitative estimate of drug-likeness (QED) is 0.864. The molecule has 136 valence electrons. The summed E-state index contributed by atoms with van der Waals surface area (Å²) in [6.07, 6.45) is 8.50. The number of amides is 1. The van der Waals surface area contributed by atoms with E-state index >= 15 is 0 Å². The minimum atomic E-state index is -0.461. The van der Waals surface area contributed by atoms with E-state index in [1.54, 1.807) is 0 Å². The number of aromatic nitrogens is 1. The molecule has 5 saturated carbocycles. The Morgan fingerprint density at radius 1 is 1.28 bits per heavy atom. The fourth-order valence-corrected chi connectivity index (χ4v) is 6.47. The number of aliphatic hydroxyl groups is 1. The van der Waals surface area contributed by atoms with E-state index in [9.17, 15) is 9.90 Å². The van der Waals surface area contributed by atoms with E-state index in [4.69, 9.17) is 4.74 Å². The summed E-state index contributed by atoms with van der Waals surface area (Å²) in [6, 6.07) is 0.197. The molecule has 5 nitrogen and oxygen atoms in total. The SMILES string of the molecule is Cc1nc(OC2CCC2)c(C(=O)NC2C3CC4CC2CC(O)(C4)C3)s1. The highest BCUT2D eigenvalue weighted by Crippen LogP contribution is 2.55. The molecule has 25 heavy (non-hydrogen) atoms. The molecule has 2 atom stereocenters. The fraction of sp³-hybridized carbons (Fsp3) is 0.789. The number of hydrogen-bond donors (Lipinski definition) is 2. The van der Waals surface area contributed by atoms with Gasteiger partial charge in [-0.25, -0.2) is 4.98 Å². The van der Waals surface area contributed by atoms with Crippen LogP contribution in [-0.4, -0.2) is 33.7 Å². The van der Waals surface area contributed by atoms with Crippen LogP contribution in [0.2, 0.25) is 0 Å². The van der Waals surface area contributed by atoms with Crippen LogP contribution in [0.15, 0.2) is 0 Å². The molecule has 0 radical (unpaired) electrons. The summed E-state index contributed by atoms with van der Waals surface area (Å²) in [7, 11) is 0. The number of aryl methyl sites for hydroxylation is 1. The number of nitrogens with zero attached hydrogens (tertiary/aromatic N) is 1. The molecule has 0 aromatic carbocycles. The van der Waals surface area contributed by atoms with Crippen LogP contribution in [0.1, 0.15) is 66.0 Å². The highest BCUT2D eigenvalue weighted by atomic mass is 32.1. The third kappa shape index (κ3) is 2.78. The topological polar surface area (TPSA) is 71.5 Å². The van der Waals surface area contributed by atoms with Crippen molar-refractivity contribution in [1.82, 2.24) is 10.3 Å². The molecule has 1 aromatic heterocycles. The lowest BCUT2D eigenvalue weighted by molar-refractivity contribution is -0.136. The molecule has 2 N–H and O–H groups in total. The Balaban J connectivity index is 1.32. The van der Waals surface area contributed by atoms with Crippen molar-refractivity contribution in [2.75, 3.05) is 0 Å². The van der Waals surface area contributed by atoms with Crippen LogP contribution in [0.25, 0.3) is 0 Å². The Morgan fingerprint density at radius 2 is 2.00 bits per heavy atom. The molecule has 0 saturated heterocycles. The van der Waals surface area contributed by atoms with Gasteiger partial charge in [0.25, 0.3) is 5.91 Å². The molecule has 6 rings (SSSR count). The fourth-order valence-electron chi connectivity index (χ4n) is 5.71. The lowest BCUT2D eigenvalue weighted by atomic mass is 9.52. The highest BCUT2D eigenvalue weighted by molar-refractivity contribution is 7.13. The molecule has 6 heteroatoms. The van der Waals surface area contributed by atoms with Gasteiger partial charge >= 0.3 is 0 Å². The Labute approximate surface area is 152 Å². The Kier molecular flexibility index (Phi) is 3.65. The first-order chi connectivity index (χ1) is 12.0. The molecule has 1 aromatic rings. The molecular formula is C19H26N2O3S. The van der Waals surface area contributed by atoms with Crippen LogP contribution in [0.4, 0.5) is 0 Å². The molecular weight excluding hydrogens is 336 g/mol. The summed E-state index contributed by atoms with van der Waals surface area (Å²) in [6.45, 7) is 1.92. The maximum absolute atomic E-state index is 13.0. The number of ether oxygens (including phenoxy) is 1. The zero-order valence-electron chi connectivity index (χ0n) is 14.7. The average Bonchev–Trinajstić information content (AvgIpc) is 2.86. The summed E-state index contributed by atoms with van der Waals surface area (Å²) in [4.78, 5) is 18.0. The summed E-state index contributed by atoms with van der Waals surface area (Å²) >= 11 is 1.43. The molecule has 4 bridgehead atoms. The third-order valence-electron chi connectivity index (χ3n) is 6.78. The van der Waals surface area contributed by atoms with Crippen molar-refractivity contribution in [2.24, 2.45) is 17.8 Å². The number of hydrogen-bond acceptors (Lipinski definition) is 5. The van der Waals surface area contributed by atoms with E-state index in [0.717, 1.165) is 50.0 Å². The second-order valence-corrected chi connectivity index (χ2v) is 9.93. The lowest BCUT2D eigenvalue weighted by Crippen LogP contribution is -2.61. The number of rotatable bonds is 4. The van der Waals surface area contributed by atoms with Crippen molar-refractivity contribution >= 4 is 17.2 Å². The number of nitrogens with one attached hydrogen (secondary N) is 1. The normalized spacial score (nSPS) is 39.3. The molecule has 5 aliphatic rings. The number of thiazole rings is 1. The van der Waals surface area contributed by atoms with Crippen LogP contribution in [-0.2, 0) is 0 Å². The van der Waals surface area contributed by atoms with Crippen LogP contribution in [0.3, 0.4) is 0 Å². The Bertz CT molecular complexity index is 683. The molecule has 0 aliphatic heterocycles. The first-order valence-corrected chi connectivity index (χ1v) is 10.5. The predicted octanol–water partition coefficient (Wildman–Crippen LogP) is 3.05. The lowest BCUT2D eigenvalue weighted by Gasteiger charge is -2.58. The molecule has 1 amide bonds. The maximum Gasteiger partial charge on any atom is 0.267 e. The van der Waals surface area contributed by atoms with Crippen LogP contribution in [0, 0.1) is 24.7 Å². The van der Waals surface area contributed by atoms with Crippen LogP contribution >= 0.6 is 11.3 Å². The highest BCUT2D eigenvalue weighted by Gasteiger charge is 2.55. The van der Waals surface area contributed by atoms with Crippen LogP contribution < -0.4 is 10.1 Å². The van der Waals surface area contributed by atoms with E-state index in [0.29, 0.717) is 28.5 Å². The Morgan fingerprint density at radius 3 is 2.60 bits per heavy atom. The van der Waals surface area contributed by atoms with Crippen molar-refractivity contribution in [2.45, 2.75) is 76.0 Å². The van der Waals surface area contributed by atoms with E-state index in [-0.39, 0.29) is 18.1 Å². The van der Waals surface area contributed by atoms with Crippen molar-refractivity contribution in [3.05, 3.63) is 9.88 Å². The minimum Gasteiger partial charge on any atom is -0.473 e. The monoisotopic (exact) mass is 362 g/mol. The first kappa shape index (κ1) is 16.1. The molecule has 5 aliphatic carbocycles. The van der Waals surface area contributed by atoms with Crippen molar-refractivity contribution in [3.63, 3.8) is 0 Å². The average molecular weight is 362 g/mol. The van der Waals surface area contributed by atoms with Gasteiger partial charge in [0.1, 0.15) is 6.10 Å². The van der Waals surface area contributed by atoms with E-state index < -0.39 is 5.60 Å². The zero-order valence-corrected chi connectivity index (χ0v) is 15.5.